The van der Waals surface area contributed by atoms with Crippen LogP contribution in [0.15, 0.2) is 332 Å². The van der Waals surface area contributed by atoms with E-state index in [1.807, 2.05) is 0 Å². The van der Waals surface area contributed by atoms with Crippen molar-refractivity contribution in [1.29, 1.82) is 0 Å². The first-order valence-electron chi connectivity index (χ1n) is 28.3. The van der Waals surface area contributed by atoms with Crippen molar-refractivity contribution in [3.8, 4) is 33.4 Å². The molecule has 0 unspecified atom stereocenters. The summed E-state index contributed by atoms with van der Waals surface area (Å²) in [6, 6.07) is 120. The second-order valence-corrected chi connectivity index (χ2v) is 22.4. The minimum Gasteiger partial charge on any atom is -0.310 e. The van der Waals surface area contributed by atoms with Crippen LogP contribution in [0.2, 0.25) is 0 Å². The number of rotatable bonds is 8. The van der Waals surface area contributed by atoms with E-state index < -0.39 is 5.41 Å². The van der Waals surface area contributed by atoms with Crippen LogP contribution >= 0.6 is 15.9 Å². The maximum absolute atomic E-state index is 3.89. The zero-order chi connectivity index (χ0) is 54.6. The molecular weight excluding hydrogens is 1050 g/mol. The molecule has 0 saturated carbocycles. The van der Waals surface area contributed by atoms with Gasteiger partial charge in [0.25, 0.3) is 0 Å². The molecule has 0 amide bonds. The first kappa shape index (κ1) is 49.2. The molecule has 0 atom stereocenters. The van der Waals surface area contributed by atoms with E-state index in [9.17, 15) is 0 Å². The molecule has 1 nitrogen and oxygen atoms in total. The molecule has 16 rings (SSSR count). The van der Waals surface area contributed by atoms with Crippen LogP contribution in [-0.4, -0.2) is 0 Å². The molecule has 0 radical (unpaired) electrons. The van der Waals surface area contributed by atoms with Crippen molar-refractivity contribution in [3.63, 3.8) is 0 Å². The fourth-order valence-corrected chi connectivity index (χ4v) is 14.5. The average molecular weight is 1110 g/mol. The summed E-state index contributed by atoms with van der Waals surface area (Å²) in [5.74, 6) is 0. The minimum atomic E-state index is -0.514. The summed E-state index contributed by atoms with van der Waals surface area (Å²) in [6.45, 7) is 0. The lowest BCUT2D eigenvalue weighted by atomic mass is 9.67. The number of halogens is 1. The van der Waals surface area contributed by atoms with Crippen molar-refractivity contribution >= 4 is 65.3 Å². The van der Waals surface area contributed by atoms with Gasteiger partial charge in [0.15, 0.2) is 0 Å². The molecule has 82 heavy (non-hydrogen) atoms. The van der Waals surface area contributed by atoms with Gasteiger partial charge in [-0.1, -0.05) is 307 Å². The van der Waals surface area contributed by atoms with Crippen molar-refractivity contribution in [1.82, 2.24) is 0 Å². The van der Waals surface area contributed by atoms with E-state index in [0.717, 1.165) is 21.5 Å². The lowest BCUT2D eigenvalue weighted by Gasteiger charge is -2.35. The van der Waals surface area contributed by atoms with Gasteiger partial charge >= 0.3 is 0 Å². The van der Waals surface area contributed by atoms with Gasteiger partial charge in [-0.25, -0.2) is 0 Å². The molecule has 0 spiro atoms. The lowest BCUT2D eigenvalue weighted by molar-refractivity contribution is 0.768. The smallest absolute Gasteiger partial charge is 0.0714 e. The normalized spacial score (nSPS) is 13.1. The number of hydrogen-bond donors (Lipinski definition) is 0. The highest BCUT2D eigenvalue weighted by molar-refractivity contribution is 9.10. The largest absolute Gasteiger partial charge is 0.310 e. The summed E-state index contributed by atoms with van der Waals surface area (Å²) >= 11 is 3.89. The Morgan fingerprint density at radius 2 is 0.634 bits per heavy atom. The molecule has 2 heteroatoms. The van der Waals surface area contributed by atoms with Crippen LogP contribution in [0, 0.1) is 0 Å². The molecule has 0 saturated heterocycles. The highest BCUT2D eigenvalue weighted by Crippen LogP contribution is 2.61. The second kappa shape index (κ2) is 20.4. The van der Waals surface area contributed by atoms with Crippen molar-refractivity contribution in [2.24, 2.45) is 0 Å². The molecule has 14 aromatic rings. The molecule has 0 aromatic heterocycles. The maximum atomic E-state index is 3.89. The standard InChI is InChI=1S/C51H35N.C29H19Br/c1-4-16-36(17-5-1)38-28-31-42(32-29-38)52(43-33-30-37-18-10-11-19-39(37)34-43)49-35-48-50(45-25-13-12-24-44(45)49)46-26-14-15-27-47(46)51(48,40-20-6-2-7-21-40)41-22-8-3-9-23-41;30-27-19-26-28(23-16-8-7-15-22(23)27)24-17-9-10-18-25(24)29(26,20-11-3-1-4-12-20)21-13-5-2-6-14-21/h1-35H;1-19H. The Morgan fingerprint density at radius 1 is 0.256 bits per heavy atom. The zero-order valence-electron chi connectivity index (χ0n) is 45.0. The van der Waals surface area contributed by atoms with Crippen LogP contribution in [0.4, 0.5) is 17.1 Å². The van der Waals surface area contributed by atoms with Crippen molar-refractivity contribution in [2.45, 2.75) is 10.8 Å². The summed E-state index contributed by atoms with van der Waals surface area (Å²) in [6.07, 6.45) is 0. The van der Waals surface area contributed by atoms with Gasteiger partial charge in [0, 0.05) is 21.2 Å². The van der Waals surface area contributed by atoms with Crippen LogP contribution < -0.4 is 4.90 Å². The number of nitrogens with zero attached hydrogens (tertiary/aromatic N) is 1. The van der Waals surface area contributed by atoms with E-state index in [-0.39, 0.29) is 5.41 Å². The Labute approximate surface area is 487 Å². The first-order valence-corrected chi connectivity index (χ1v) is 29.1. The summed E-state index contributed by atoms with van der Waals surface area (Å²) in [5, 5.41) is 7.46. The molecule has 0 fully saturated rings. The predicted molar refractivity (Wildman–Crippen MR) is 348 cm³/mol. The third kappa shape index (κ3) is 7.74. The van der Waals surface area contributed by atoms with E-state index in [1.165, 1.54) is 110 Å². The van der Waals surface area contributed by atoms with Crippen LogP contribution in [0.3, 0.4) is 0 Å². The zero-order valence-corrected chi connectivity index (χ0v) is 46.6. The van der Waals surface area contributed by atoms with Gasteiger partial charge in [0.2, 0.25) is 0 Å². The highest BCUT2D eigenvalue weighted by Gasteiger charge is 2.48. The predicted octanol–water partition coefficient (Wildman–Crippen LogP) is 21.5. The number of benzene rings is 14. The number of fused-ring (bicyclic) bond motifs is 11. The van der Waals surface area contributed by atoms with Gasteiger partial charge < -0.3 is 4.90 Å². The van der Waals surface area contributed by atoms with Crippen LogP contribution in [0.25, 0.3) is 65.7 Å². The van der Waals surface area contributed by atoms with Crippen molar-refractivity contribution < 1.29 is 0 Å². The molecule has 0 N–H and O–H groups in total. The Balaban J connectivity index is 0.000000162. The van der Waals surface area contributed by atoms with E-state index in [0.29, 0.717) is 0 Å². The molecule has 2 aliphatic rings. The fourth-order valence-electron chi connectivity index (χ4n) is 13.9. The van der Waals surface area contributed by atoms with Gasteiger partial charge in [0.1, 0.15) is 0 Å². The summed E-state index contributed by atoms with van der Waals surface area (Å²) < 4.78 is 1.14. The Kier molecular flexibility index (Phi) is 12.2. The van der Waals surface area contributed by atoms with Gasteiger partial charge in [-0.05, 0) is 141 Å². The van der Waals surface area contributed by atoms with E-state index in [4.69, 9.17) is 0 Å². The quantitative estimate of drug-likeness (QED) is 0.147. The second-order valence-electron chi connectivity index (χ2n) is 21.5. The molecule has 386 valence electrons. The lowest BCUT2D eigenvalue weighted by Crippen LogP contribution is -2.28. The molecule has 0 heterocycles. The maximum Gasteiger partial charge on any atom is 0.0714 e. The van der Waals surface area contributed by atoms with Crippen LogP contribution in [0.1, 0.15) is 44.5 Å². The van der Waals surface area contributed by atoms with E-state index in [2.05, 4.69) is 348 Å². The van der Waals surface area contributed by atoms with Gasteiger partial charge in [-0.2, -0.15) is 0 Å². The summed E-state index contributed by atoms with van der Waals surface area (Å²) in [4.78, 5) is 2.47. The van der Waals surface area contributed by atoms with Crippen molar-refractivity contribution in [3.05, 3.63) is 377 Å². The Morgan fingerprint density at radius 3 is 1.16 bits per heavy atom. The average Bonchev–Trinajstić information content (AvgIpc) is 3.46. The molecule has 0 bridgehead atoms. The number of anilines is 3. The third-order valence-electron chi connectivity index (χ3n) is 17.3. The van der Waals surface area contributed by atoms with Crippen molar-refractivity contribution in [2.75, 3.05) is 4.90 Å². The van der Waals surface area contributed by atoms with E-state index >= 15 is 0 Å². The Hall–Kier alpha value is -9.86. The molecule has 14 aromatic carbocycles. The third-order valence-corrected chi connectivity index (χ3v) is 18.0. The SMILES string of the molecule is Brc1cc2c(c3ccccc13)-c1ccccc1C2(c1ccccc1)c1ccccc1.c1ccc(-c2ccc(N(c3ccc4ccccc4c3)c3cc4c(c5ccccc35)-c3ccccc3C4(c3ccccc3)c3ccccc3)cc2)cc1. The first-order chi connectivity index (χ1) is 40.6. The molecule has 0 aliphatic heterocycles. The van der Waals surface area contributed by atoms with Crippen LogP contribution in [0.5, 0.6) is 0 Å². The number of hydrogen-bond acceptors (Lipinski definition) is 1. The van der Waals surface area contributed by atoms with Gasteiger partial charge in [-0.3, -0.25) is 0 Å². The highest BCUT2D eigenvalue weighted by atomic mass is 79.9. The Bertz CT molecular complexity index is 4590. The van der Waals surface area contributed by atoms with Gasteiger partial charge in [-0.15, -0.1) is 0 Å². The molecule has 2 aliphatic carbocycles. The van der Waals surface area contributed by atoms with E-state index in [1.54, 1.807) is 0 Å². The summed E-state index contributed by atoms with van der Waals surface area (Å²) in [7, 11) is 0. The van der Waals surface area contributed by atoms with Crippen LogP contribution in [-0.2, 0) is 10.8 Å². The topological polar surface area (TPSA) is 3.24 Å². The minimum absolute atomic E-state index is 0.346. The molecular formula is C80H54BrN. The monoisotopic (exact) mass is 1110 g/mol. The van der Waals surface area contributed by atoms with Gasteiger partial charge in [0.05, 0.1) is 16.5 Å². The fraction of sp³-hybridized carbons (Fsp3) is 0.0250. The summed E-state index contributed by atoms with van der Waals surface area (Å²) in [5.41, 5.74) is 20.6.